The largest absolute Gasteiger partial charge is 0.291 e. The van der Waals surface area contributed by atoms with Crippen LogP contribution in [0.5, 0.6) is 0 Å². The summed E-state index contributed by atoms with van der Waals surface area (Å²) in [6.45, 7) is 3.27. The van der Waals surface area contributed by atoms with Crippen molar-refractivity contribution >= 4 is 17.5 Å². The fraction of sp³-hybridized carbons (Fsp3) is 0.364. The lowest BCUT2D eigenvalue weighted by Gasteiger charge is -2.24. The van der Waals surface area contributed by atoms with Gasteiger partial charge in [-0.1, -0.05) is 11.6 Å². The van der Waals surface area contributed by atoms with Crippen LogP contribution >= 0.6 is 11.6 Å². The molecule has 0 bridgehead atoms. The number of carbonyl (C=O) groups is 1. The normalized spacial score (nSPS) is 11.3. The van der Waals surface area contributed by atoms with E-state index in [0.29, 0.717) is 5.02 Å². The standard InChI is InChI=1S/C11H14ClFN2O/c1-11(2,10(16)15-14-3)8-6-7(12)4-5-9(8)13/h4-6,14H,1-3H3,(H,15,16). The monoisotopic (exact) mass is 244 g/mol. The molecule has 5 heteroatoms. The quantitative estimate of drug-likeness (QED) is 0.799. The number of hydrazine groups is 1. The lowest BCUT2D eigenvalue weighted by atomic mass is 9.83. The molecular weight excluding hydrogens is 231 g/mol. The molecule has 1 amide bonds. The van der Waals surface area contributed by atoms with E-state index in [-0.39, 0.29) is 11.5 Å². The Morgan fingerprint density at radius 3 is 2.62 bits per heavy atom. The van der Waals surface area contributed by atoms with Crippen molar-refractivity contribution in [3.8, 4) is 0 Å². The molecular formula is C11H14ClFN2O. The van der Waals surface area contributed by atoms with Crippen LogP contribution in [0.2, 0.25) is 5.02 Å². The third-order valence-corrected chi connectivity index (χ3v) is 2.64. The number of rotatable bonds is 3. The minimum atomic E-state index is -0.988. The summed E-state index contributed by atoms with van der Waals surface area (Å²) in [5, 5.41) is 0.404. The minimum absolute atomic E-state index is 0.271. The van der Waals surface area contributed by atoms with Gasteiger partial charge in [-0.15, -0.1) is 0 Å². The average Bonchev–Trinajstić information content (AvgIpc) is 2.22. The van der Waals surface area contributed by atoms with Gasteiger partial charge in [0.1, 0.15) is 5.82 Å². The Balaban J connectivity index is 3.15. The molecule has 0 aliphatic carbocycles. The number of benzene rings is 1. The highest BCUT2D eigenvalue weighted by Gasteiger charge is 2.32. The SMILES string of the molecule is CNNC(=O)C(C)(C)c1cc(Cl)ccc1F. The van der Waals surface area contributed by atoms with E-state index in [0.717, 1.165) is 0 Å². The Kier molecular flexibility index (Phi) is 3.88. The highest BCUT2D eigenvalue weighted by atomic mass is 35.5. The number of carbonyl (C=O) groups excluding carboxylic acids is 1. The molecule has 2 N–H and O–H groups in total. The molecule has 0 spiro atoms. The van der Waals surface area contributed by atoms with Crippen LogP contribution in [0, 0.1) is 5.82 Å². The molecule has 0 aliphatic rings. The van der Waals surface area contributed by atoms with E-state index < -0.39 is 11.2 Å². The van der Waals surface area contributed by atoms with E-state index in [9.17, 15) is 9.18 Å². The van der Waals surface area contributed by atoms with Crippen LogP contribution < -0.4 is 10.9 Å². The van der Waals surface area contributed by atoms with E-state index >= 15 is 0 Å². The molecule has 0 atom stereocenters. The van der Waals surface area contributed by atoms with Gasteiger partial charge in [-0.2, -0.15) is 0 Å². The molecule has 0 saturated carbocycles. The maximum absolute atomic E-state index is 13.6. The van der Waals surface area contributed by atoms with Gasteiger partial charge in [0.2, 0.25) is 5.91 Å². The van der Waals surface area contributed by atoms with Crippen molar-refractivity contribution in [2.45, 2.75) is 19.3 Å². The third kappa shape index (κ3) is 2.51. The van der Waals surface area contributed by atoms with Crippen molar-refractivity contribution in [3.63, 3.8) is 0 Å². The van der Waals surface area contributed by atoms with Crippen LogP contribution in [0.3, 0.4) is 0 Å². The summed E-state index contributed by atoms with van der Waals surface area (Å²) in [6, 6.07) is 4.17. The predicted octanol–water partition coefficient (Wildman–Crippen LogP) is 2.01. The second-order valence-electron chi connectivity index (χ2n) is 3.95. The Morgan fingerprint density at radius 2 is 2.06 bits per heavy atom. The number of amides is 1. The summed E-state index contributed by atoms with van der Waals surface area (Å²) in [4.78, 5) is 11.7. The maximum Gasteiger partial charge on any atom is 0.244 e. The predicted molar refractivity (Wildman–Crippen MR) is 61.6 cm³/mol. The van der Waals surface area contributed by atoms with Crippen molar-refractivity contribution < 1.29 is 9.18 Å². The minimum Gasteiger partial charge on any atom is -0.291 e. The van der Waals surface area contributed by atoms with Crippen molar-refractivity contribution in [2.75, 3.05) is 7.05 Å². The van der Waals surface area contributed by atoms with E-state index in [1.165, 1.54) is 18.2 Å². The van der Waals surface area contributed by atoms with Gasteiger partial charge in [-0.3, -0.25) is 10.2 Å². The Labute approximate surface area is 99.0 Å². The van der Waals surface area contributed by atoms with E-state index in [1.54, 1.807) is 20.9 Å². The van der Waals surface area contributed by atoms with Crippen molar-refractivity contribution in [3.05, 3.63) is 34.6 Å². The lowest BCUT2D eigenvalue weighted by Crippen LogP contribution is -2.45. The van der Waals surface area contributed by atoms with Crippen molar-refractivity contribution in [1.82, 2.24) is 10.9 Å². The maximum atomic E-state index is 13.6. The molecule has 0 heterocycles. The second kappa shape index (κ2) is 4.80. The lowest BCUT2D eigenvalue weighted by molar-refractivity contribution is -0.126. The first kappa shape index (κ1) is 12.9. The molecule has 0 saturated heterocycles. The van der Waals surface area contributed by atoms with Crippen LogP contribution in [-0.2, 0) is 10.2 Å². The van der Waals surface area contributed by atoms with Crippen LogP contribution in [0.4, 0.5) is 4.39 Å². The fourth-order valence-corrected chi connectivity index (χ4v) is 1.54. The Morgan fingerprint density at radius 1 is 1.44 bits per heavy atom. The zero-order valence-corrected chi connectivity index (χ0v) is 10.2. The van der Waals surface area contributed by atoms with Crippen LogP contribution in [0.15, 0.2) is 18.2 Å². The smallest absolute Gasteiger partial charge is 0.244 e. The van der Waals surface area contributed by atoms with Crippen LogP contribution in [-0.4, -0.2) is 13.0 Å². The van der Waals surface area contributed by atoms with Gasteiger partial charge < -0.3 is 0 Å². The highest BCUT2D eigenvalue weighted by molar-refractivity contribution is 6.30. The summed E-state index contributed by atoms with van der Waals surface area (Å²) in [5.74, 6) is -0.767. The van der Waals surface area contributed by atoms with Gasteiger partial charge in [0, 0.05) is 17.6 Å². The first-order valence-corrected chi connectivity index (χ1v) is 5.20. The van der Waals surface area contributed by atoms with Crippen LogP contribution in [0.25, 0.3) is 0 Å². The molecule has 0 radical (unpaired) electrons. The summed E-state index contributed by atoms with van der Waals surface area (Å²) < 4.78 is 13.6. The van der Waals surface area contributed by atoms with Gasteiger partial charge in [0.05, 0.1) is 5.41 Å². The molecule has 16 heavy (non-hydrogen) atoms. The zero-order valence-electron chi connectivity index (χ0n) is 9.40. The van der Waals surface area contributed by atoms with Gasteiger partial charge in [-0.25, -0.2) is 9.82 Å². The molecule has 0 unspecified atom stereocenters. The molecule has 1 aromatic rings. The fourth-order valence-electron chi connectivity index (χ4n) is 1.37. The summed E-state index contributed by atoms with van der Waals surface area (Å²) >= 11 is 5.79. The topological polar surface area (TPSA) is 41.1 Å². The van der Waals surface area contributed by atoms with Gasteiger partial charge in [0.25, 0.3) is 0 Å². The van der Waals surface area contributed by atoms with E-state index in [2.05, 4.69) is 10.9 Å². The third-order valence-electron chi connectivity index (χ3n) is 2.41. The zero-order chi connectivity index (χ0) is 12.3. The van der Waals surface area contributed by atoms with Crippen LogP contribution in [0.1, 0.15) is 19.4 Å². The molecule has 3 nitrogen and oxygen atoms in total. The second-order valence-corrected chi connectivity index (χ2v) is 4.39. The number of hydrogen-bond donors (Lipinski definition) is 2. The molecule has 0 aliphatic heterocycles. The molecule has 0 aromatic heterocycles. The Bertz CT molecular complexity index is 407. The summed E-state index contributed by atoms with van der Waals surface area (Å²) in [7, 11) is 1.57. The first-order valence-electron chi connectivity index (χ1n) is 4.82. The van der Waals surface area contributed by atoms with Crippen molar-refractivity contribution in [1.29, 1.82) is 0 Å². The number of hydrogen-bond acceptors (Lipinski definition) is 2. The molecule has 1 aromatic carbocycles. The highest BCUT2D eigenvalue weighted by Crippen LogP contribution is 2.28. The molecule has 0 fully saturated rings. The summed E-state index contributed by atoms with van der Waals surface area (Å²) in [6.07, 6.45) is 0. The van der Waals surface area contributed by atoms with Gasteiger partial charge in [-0.05, 0) is 32.0 Å². The molecule has 1 rings (SSSR count). The van der Waals surface area contributed by atoms with E-state index in [4.69, 9.17) is 11.6 Å². The average molecular weight is 245 g/mol. The molecule has 88 valence electrons. The number of nitrogens with one attached hydrogen (secondary N) is 2. The van der Waals surface area contributed by atoms with Crippen molar-refractivity contribution in [2.24, 2.45) is 0 Å². The first-order chi connectivity index (χ1) is 7.39. The summed E-state index contributed by atoms with van der Waals surface area (Å²) in [5.41, 5.74) is 4.24. The van der Waals surface area contributed by atoms with Gasteiger partial charge in [0.15, 0.2) is 0 Å². The van der Waals surface area contributed by atoms with E-state index in [1.807, 2.05) is 0 Å². The Hall–Kier alpha value is -1.13. The van der Waals surface area contributed by atoms with Gasteiger partial charge >= 0.3 is 0 Å². The number of halogens is 2.